The first-order valence-corrected chi connectivity index (χ1v) is 7.25. The van der Waals surface area contributed by atoms with Gasteiger partial charge in [-0.3, -0.25) is 4.79 Å². The summed E-state index contributed by atoms with van der Waals surface area (Å²) in [5.74, 6) is 1.36. The molecule has 3 rings (SSSR count). The van der Waals surface area contributed by atoms with Crippen molar-refractivity contribution >= 4 is 5.91 Å². The van der Waals surface area contributed by atoms with E-state index in [1.165, 1.54) is 6.39 Å². The minimum atomic E-state index is -0.425. The molecule has 1 amide bonds. The molecule has 2 aromatic heterocycles. The molecule has 0 unspecified atom stereocenters. The van der Waals surface area contributed by atoms with Gasteiger partial charge in [-0.25, -0.2) is 4.98 Å². The van der Waals surface area contributed by atoms with Gasteiger partial charge in [0, 0.05) is 13.0 Å². The SMILES string of the molecule is CCc1ocnc1C(=O)N1C[C@@H](C)O[C@@H](c2nc(C)no2)C1. The second kappa shape index (κ2) is 5.88. The molecule has 0 N–H and O–H groups in total. The number of ether oxygens (including phenoxy) is 1. The number of carbonyl (C=O) groups excluding carboxylic acids is 1. The van der Waals surface area contributed by atoms with Crippen LogP contribution < -0.4 is 0 Å². The zero-order chi connectivity index (χ0) is 15.7. The van der Waals surface area contributed by atoms with Crippen LogP contribution in [0.2, 0.25) is 0 Å². The Morgan fingerprint density at radius 3 is 2.95 bits per heavy atom. The van der Waals surface area contributed by atoms with Crippen LogP contribution in [-0.4, -0.2) is 45.1 Å². The molecule has 2 aromatic rings. The number of amides is 1. The molecule has 118 valence electrons. The first-order valence-electron chi connectivity index (χ1n) is 7.25. The Labute approximate surface area is 127 Å². The topological polar surface area (TPSA) is 94.5 Å². The van der Waals surface area contributed by atoms with Crippen LogP contribution in [0.15, 0.2) is 15.3 Å². The van der Waals surface area contributed by atoms with E-state index in [9.17, 15) is 4.79 Å². The summed E-state index contributed by atoms with van der Waals surface area (Å²) >= 11 is 0. The number of oxazole rings is 1. The second-order valence-electron chi connectivity index (χ2n) is 5.30. The molecule has 3 heterocycles. The third-order valence-corrected chi connectivity index (χ3v) is 3.53. The smallest absolute Gasteiger partial charge is 0.276 e. The van der Waals surface area contributed by atoms with E-state index in [1.807, 2.05) is 13.8 Å². The maximum Gasteiger partial charge on any atom is 0.276 e. The van der Waals surface area contributed by atoms with E-state index in [4.69, 9.17) is 13.7 Å². The van der Waals surface area contributed by atoms with Crippen molar-refractivity contribution in [1.29, 1.82) is 0 Å². The quantitative estimate of drug-likeness (QED) is 0.848. The standard InChI is InChI=1S/C14H18N4O4/c1-4-10-12(15-7-20-10)14(19)18-5-8(2)21-11(6-18)13-16-9(3)17-22-13/h7-8,11H,4-6H2,1-3H3/t8-,11-/m1/s1. The van der Waals surface area contributed by atoms with E-state index in [0.717, 1.165) is 0 Å². The van der Waals surface area contributed by atoms with Gasteiger partial charge in [-0.05, 0) is 13.8 Å². The summed E-state index contributed by atoms with van der Waals surface area (Å²) in [5, 5.41) is 3.77. The van der Waals surface area contributed by atoms with Crippen molar-refractivity contribution < 1.29 is 18.5 Å². The Balaban J connectivity index is 1.80. The number of hydrogen-bond donors (Lipinski definition) is 0. The molecule has 0 saturated carbocycles. The summed E-state index contributed by atoms with van der Waals surface area (Å²) in [6.45, 7) is 6.40. The lowest BCUT2D eigenvalue weighted by Gasteiger charge is -2.34. The van der Waals surface area contributed by atoms with Gasteiger partial charge in [0.2, 0.25) is 0 Å². The molecule has 1 aliphatic heterocycles. The average Bonchev–Trinajstić information content (AvgIpc) is 3.14. The lowest BCUT2D eigenvalue weighted by atomic mass is 10.2. The lowest BCUT2D eigenvalue weighted by Crippen LogP contribution is -2.46. The maximum atomic E-state index is 12.6. The van der Waals surface area contributed by atoms with Gasteiger partial charge in [0.05, 0.1) is 12.6 Å². The van der Waals surface area contributed by atoms with Gasteiger partial charge in [0.1, 0.15) is 5.76 Å². The summed E-state index contributed by atoms with van der Waals surface area (Å²) in [7, 11) is 0. The van der Waals surface area contributed by atoms with Crippen LogP contribution in [0.3, 0.4) is 0 Å². The van der Waals surface area contributed by atoms with Gasteiger partial charge >= 0.3 is 0 Å². The maximum absolute atomic E-state index is 12.6. The van der Waals surface area contributed by atoms with Crippen LogP contribution in [0.25, 0.3) is 0 Å². The van der Waals surface area contributed by atoms with Crippen LogP contribution in [0.4, 0.5) is 0 Å². The summed E-state index contributed by atoms with van der Waals surface area (Å²) in [6, 6.07) is 0. The number of aromatic nitrogens is 3. The molecule has 0 aromatic carbocycles. The number of aryl methyl sites for hydroxylation is 2. The van der Waals surface area contributed by atoms with Crippen LogP contribution in [0, 0.1) is 6.92 Å². The summed E-state index contributed by atoms with van der Waals surface area (Å²) in [6.07, 6.45) is 1.36. The Kier molecular flexibility index (Phi) is 3.93. The van der Waals surface area contributed by atoms with Crippen molar-refractivity contribution in [2.75, 3.05) is 13.1 Å². The number of nitrogens with zero attached hydrogens (tertiary/aromatic N) is 4. The van der Waals surface area contributed by atoms with Crippen LogP contribution >= 0.6 is 0 Å². The van der Waals surface area contributed by atoms with Gasteiger partial charge < -0.3 is 18.6 Å². The van der Waals surface area contributed by atoms with Crippen LogP contribution in [0.5, 0.6) is 0 Å². The van der Waals surface area contributed by atoms with Crippen molar-refractivity contribution in [3.05, 3.63) is 29.6 Å². The summed E-state index contributed by atoms with van der Waals surface area (Å²) in [4.78, 5) is 22.6. The molecule has 1 aliphatic rings. The highest BCUT2D eigenvalue weighted by molar-refractivity contribution is 5.93. The normalized spacial score (nSPS) is 22.0. The molecular weight excluding hydrogens is 288 g/mol. The summed E-state index contributed by atoms with van der Waals surface area (Å²) < 4.78 is 16.2. The molecule has 2 atom stereocenters. The number of carbonyl (C=O) groups is 1. The van der Waals surface area contributed by atoms with Gasteiger partial charge in [-0.2, -0.15) is 4.98 Å². The molecule has 22 heavy (non-hydrogen) atoms. The van der Waals surface area contributed by atoms with Gasteiger partial charge in [-0.1, -0.05) is 12.1 Å². The highest BCUT2D eigenvalue weighted by atomic mass is 16.5. The number of rotatable bonds is 3. The molecule has 1 fully saturated rings. The van der Waals surface area contributed by atoms with E-state index < -0.39 is 6.10 Å². The highest BCUT2D eigenvalue weighted by Gasteiger charge is 2.34. The number of hydrogen-bond acceptors (Lipinski definition) is 7. The Morgan fingerprint density at radius 1 is 1.45 bits per heavy atom. The van der Waals surface area contributed by atoms with E-state index in [-0.39, 0.29) is 12.0 Å². The van der Waals surface area contributed by atoms with Crippen molar-refractivity contribution in [3.8, 4) is 0 Å². The Hall–Kier alpha value is -2.22. The molecule has 8 nitrogen and oxygen atoms in total. The van der Waals surface area contributed by atoms with E-state index in [0.29, 0.717) is 42.7 Å². The molecule has 0 radical (unpaired) electrons. The zero-order valence-corrected chi connectivity index (χ0v) is 12.8. The fraction of sp³-hybridized carbons (Fsp3) is 0.571. The first-order chi connectivity index (χ1) is 10.6. The third-order valence-electron chi connectivity index (χ3n) is 3.53. The second-order valence-corrected chi connectivity index (χ2v) is 5.30. The fourth-order valence-electron chi connectivity index (χ4n) is 2.54. The molecule has 1 saturated heterocycles. The minimum Gasteiger partial charge on any atom is -0.448 e. The van der Waals surface area contributed by atoms with Crippen molar-refractivity contribution in [2.24, 2.45) is 0 Å². The molecule has 0 aliphatic carbocycles. The van der Waals surface area contributed by atoms with E-state index in [1.54, 1.807) is 11.8 Å². The molecular formula is C14H18N4O4. The Bertz CT molecular complexity index is 665. The van der Waals surface area contributed by atoms with Crippen LogP contribution in [-0.2, 0) is 11.2 Å². The highest BCUT2D eigenvalue weighted by Crippen LogP contribution is 2.25. The monoisotopic (exact) mass is 306 g/mol. The molecule has 0 bridgehead atoms. The number of morpholine rings is 1. The van der Waals surface area contributed by atoms with E-state index >= 15 is 0 Å². The average molecular weight is 306 g/mol. The predicted octanol–water partition coefficient (Wildman–Crippen LogP) is 1.53. The van der Waals surface area contributed by atoms with Crippen LogP contribution in [0.1, 0.15) is 47.9 Å². The molecule has 0 spiro atoms. The third kappa shape index (κ3) is 2.74. The summed E-state index contributed by atoms with van der Waals surface area (Å²) in [5.41, 5.74) is 0.358. The molecule has 8 heteroatoms. The van der Waals surface area contributed by atoms with Crippen molar-refractivity contribution in [2.45, 2.75) is 39.4 Å². The van der Waals surface area contributed by atoms with Gasteiger partial charge in [0.15, 0.2) is 24.0 Å². The van der Waals surface area contributed by atoms with Gasteiger partial charge in [-0.15, -0.1) is 0 Å². The predicted molar refractivity (Wildman–Crippen MR) is 74.1 cm³/mol. The largest absolute Gasteiger partial charge is 0.448 e. The van der Waals surface area contributed by atoms with E-state index in [2.05, 4.69) is 15.1 Å². The first kappa shape index (κ1) is 14.7. The zero-order valence-electron chi connectivity index (χ0n) is 12.8. The van der Waals surface area contributed by atoms with Crippen molar-refractivity contribution in [3.63, 3.8) is 0 Å². The van der Waals surface area contributed by atoms with Crippen molar-refractivity contribution in [1.82, 2.24) is 20.0 Å². The van der Waals surface area contributed by atoms with Gasteiger partial charge in [0.25, 0.3) is 11.8 Å². The fourth-order valence-corrected chi connectivity index (χ4v) is 2.54. The minimum absolute atomic E-state index is 0.133. The Morgan fingerprint density at radius 2 is 2.27 bits per heavy atom. The lowest BCUT2D eigenvalue weighted by molar-refractivity contribution is -0.0811.